The molecule has 0 unspecified atom stereocenters. The quantitative estimate of drug-likeness (QED) is 0.757. The monoisotopic (exact) mass is 290 g/mol. The number of benzene rings is 1. The summed E-state index contributed by atoms with van der Waals surface area (Å²) in [5.74, 6) is 1.72. The van der Waals surface area contributed by atoms with Gasteiger partial charge in [-0.3, -0.25) is 0 Å². The molecule has 2 heterocycles. The number of ether oxygens (including phenoxy) is 1. The highest BCUT2D eigenvalue weighted by atomic mass is 79.9. The Hall–Kier alpha value is -1.42. The van der Waals surface area contributed by atoms with Gasteiger partial charge in [-0.05, 0) is 40.5 Å². The van der Waals surface area contributed by atoms with Gasteiger partial charge in [-0.15, -0.1) is 0 Å². The van der Waals surface area contributed by atoms with Crippen molar-refractivity contribution in [1.29, 1.82) is 0 Å². The van der Waals surface area contributed by atoms with E-state index in [0.717, 1.165) is 40.5 Å². The third-order valence-electron chi connectivity index (χ3n) is 2.80. The number of hydrogen-bond donors (Lipinski definition) is 0. The standard InChI is InChI=1S/C13H11BrN2O/c1-8-15-11(7-12(14)16-8)10-4-2-3-9-5-6-17-13(9)10/h2-4,7H,5-6H2,1H3. The molecule has 3 nitrogen and oxygen atoms in total. The largest absolute Gasteiger partial charge is 0.492 e. The van der Waals surface area contributed by atoms with Crippen molar-refractivity contribution in [3.63, 3.8) is 0 Å². The molecular formula is C13H11BrN2O. The van der Waals surface area contributed by atoms with Crippen LogP contribution in [0, 0.1) is 6.92 Å². The summed E-state index contributed by atoms with van der Waals surface area (Å²) >= 11 is 3.40. The van der Waals surface area contributed by atoms with Crippen LogP contribution in [0.2, 0.25) is 0 Å². The van der Waals surface area contributed by atoms with Crippen LogP contribution in [0.15, 0.2) is 28.9 Å². The average molecular weight is 291 g/mol. The maximum atomic E-state index is 5.69. The predicted octanol–water partition coefficient (Wildman–Crippen LogP) is 3.15. The molecule has 0 aliphatic carbocycles. The highest BCUT2D eigenvalue weighted by molar-refractivity contribution is 9.10. The molecule has 1 aliphatic rings. The van der Waals surface area contributed by atoms with E-state index in [4.69, 9.17) is 4.74 Å². The summed E-state index contributed by atoms with van der Waals surface area (Å²) in [5, 5.41) is 0. The van der Waals surface area contributed by atoms with Gasteiger partial charge in [0, 0.05) is 12.0 Å². The van der Waals surface area contributed by atoms with Crippen LogP contribution in [0.4, 0.5) is 0 Å². The van der Waals surface area contributed by atoms with E-state index in [1.807, 2.05) is 25.1 Å². The van der Waals surface area contributed by atoms with E-state index in [-0.39, 0.29) is 0 Å². The van der Waals surface area contributed by atoms with Gasteiger partial charge >= 0.3 is 0 Å². The Morgan fingerprint density at radius 3 is 3.00 bits per heavy atom. The number of nitrogens with zero attached hydrogens (tertiary/aromatic N) is 2. The van der Waals surface area contributed by atoms with E-state index in [1.54, 1.807) is 0 Å². The second-order valence-electron chi connectivity index (χ2n) is 4.02. The Morgan fingerprint density at radius 1 is 1.29 bits per heavy atom. The first-order valence-electron chi connectivity index (χ1n) is 5.50. The lowest BCUT2D eigenvalue weighted by molar-refractivity contribution is 0.358. The normalized spacial score (nSPS) is 13.3. The number of aryl methyl sites for hydroxylation is 1. The van der Waals surface area contributed by atoms with Crippen LogP contribution in [0.25, 0.3) is 11.3 Å². The summed E-state index contributed by atoms with van der Waals surface area (Å²) in [6, 6.07) is 8.12. The molecule has 2 aromatic rings. The van der Waals surface area contributed by atoms with E-state index in [1.165, 1.54) is 5.56 Å². The van der Waals surface area contributed by atoms with Crippen molar-refractivity contribution in [3.05, 3.63) is 40.3 Å². The molecule has 3 rings (SSSR count). The van der Waals surface area contributed by atoms with Crippen LogP contribution in [0.3, 0.4) is 0 Å². The van der Waals surface area contributed by atoms with Crippen molar-refractivity contribution in [3.8, 4) is 17.0 Å². The van der Waals surface area contributed by atoms with Gasteiger partial charge in [0.2, 0.25) is 0 Å². The highest BCUT2D eigenvalue weighted by Gasteiger charge is 2.18. The molecule has 0 amide bonds. The van der Waals surface area contributed by atoms with Crippen LogP contribution >= 0.6 is 15.9 Å². The number of rotatable bonds is 1. The summed E-state index contributed by atoms with van der Waals surface area (Å²) in [4.78, 5) is 8.68. The maximum Gasteiger partial charge on any atom is 0.132 e. The van der Waals surface area contributed by atoms with Gasteiger partial charge in [0.05, 0.1) is 12.3 Å². The average Bonchev–Trinajstić information content (AvgIpc) is 2.75. The highest BCUT2D eigenvalue weighted by Crippen LogP contribution is 2.36. The van der Waals surface area contributed by atoms with Crippen LogP contribution in [-0.4, -0.2) is 16.6 Å². The van der Waals surface area contributed by atoms with Gasteiger partial charge < -0.3 is 4.74 Å². The van der Waals surface area contributed by atoms with E-state index in [2.05, 4.69) is 32.0 Å². The molecule has 0 bridgehead atoms. The topological polar surface area (TPSA) is 35.0 Å². The van der Waals surface area contributed by atoms with Crippen molar-refractivity contribution in [1.82, 2.24) is 9.97 Å². The third-order valence-corrected chi connectivity index (χ3v) is 3.20. The summed E-state index contributed by atoms with van der Waals surface area (Å²) < 4.78 is 6.49. The Bertz CT molecular complexity index is 563. The van der Waals surface area contributed by atoms with Crippen LogP contribution < -0.4 is 4.74 Å². The molecule has 0 N–H and O–H groups in total. The molecule has 1 aromatic carbocycles. The number of hydrogen-bond acceptors (Lipinski definition) is 3. The lowest BCUT2D eigenvalue weighted by atomic mass is 10.1. The van der Waals surface area contributed by atoms with Gasteiger partial charge in [-0.25, -0.2) is 9.97 Å². The van der Waals surface area contributed by atoms with Gasteiger partial charge in [0.25, 0.3) is 0 Å². The van der Waals surface area contributed by atoms with Crippen molar-refractivity contribution in [2.75, 3.05) is 6.61 Å². The molecule has 1 aromatic heterocycles. The number of fused-ring (bicyclic) bond motifs is 1. The molecule has 0 fully saturated rings. The van der Waals surface area contributed by atoms with Crippen molar-refractivity contribution in [2.45, 2.75) is 13.3 Å². The first-order chi connectivity index (χ1) is 8.24. The summed E-state index contributed by atoms with van der Waals surface area (Å²) in [5.41, 5.74) is 3.21. The fourth-order valence-electron chi connectivity index (χ4n) is 2.09. The van der Waals surface area contributed by atoms with Crippen LogP contribution in [-0.2, 0) is 6.42 Å². The second-order valence-corrected chi connectivity index (χ2v) is 4.83. The smallest absolute Gasteiger partial charge is 0.132 e. The fourth-order valence-corrected chi connectivity index (χ4v) is 2.56. The van der Waals surface area contributed by atoms with E-state index >= 15 is 0 Å². The first-order valence-corrected chi connectivity index (χ1v) is 6.29. The zero-order chi connectivity index (χ0) is 11.8. The summed E-state index contributed by atoms with van der Waals surface area (Å²) in [6.07, 6.45) is 0.981. The third kappa shape index (κ3) is 1.93. The molecule has 17 heavy (non-hydrogen) atoms. The van der Waals surface area contributed by atoms with Gasteiger partial charge in [0.15, 0.2) is 0 Å². The zero-order valence-electron chi connectivity index (χ0n) is 9.40. The van der Waals surface area contributed by atoms with Gasteiger partial charge in [0.1, 0.15) is 16.2 Å². The van der Waals surface area contributed by atoms with Crippen molar-refractivity contribution >= 4 is 15.9 Å². The minimum absolute atomic E-state index is 0.755. The molecule has 0 radical (unpaired) electrons. The van der Waals surface area contributed by atoms with Crippen molar-refractivity contribution < 1.29 is 4.74 Å². The predicted molar refractivity (Wildman–Crippen MR) is 69.1 cm³/mol. The Balaban J connectivity index is 2.19. The van der Waals surface area contributed by atoms with Gasteiger partial charge in [-0.1, -0.05) is 12.1 Å². The Labute approximate surface area is 108 Å². The van der Waals surface area contributed by atoms with Crippen LogP contribution in [0.5, 0.6) is 5.75 Å². The van der Waals surface area contributed by atoms with Crippen LogP contribution in [0.1, 0.15) is 11.4 Å². The zero-order valence-corrected chi connectivity index (χ0v) is 11.0. The minimum Gasteiger partial charge on any atom is -0.492 e. The molecular weight excluding hydrogens is 280 g/mol. The Kier molecular flexibility index (Phi) is 2.59. The molecule has 0 spiro atoms. The van der Waals surface area contributed by atoms with Crippen molar-refractivity contribution in [2.24, 2.45) is 0 Å². The second kappa shape index (κ2) is 4.11. The fraction of sp³-hybridized carbons (Fsp3) is 0.231. The minimum atomic E-state index is 0.755. The molecule has 86 valence electrons. The SMILES string of the molecule is Cc1nc(Br)cc(-c2cccc3c2OCC3)n1. The molecule has 4 heteroatoms. The molecule has 0 atom stereocenters. The van der Waals surface area contributed by atoms with E-state index in [0.29, 0.717) is 0 Å². The van der Waals surface area contributed by atoms with E-state index < -0.39 is 0 Å². The number of para-hydroxylation sites is 1. The molecule has 0 saturated carbocycles. The first kappa shape index (κ1) is 10.7. The van der Waals surface area contributed by atoms with Gasteiger partial charge in [-0.2, -0.15) is 0 Å². The summed E-state index contributed by atoms with van der Waals surface area (Å²) in [6.45, 7) is 2.65. The maximum absolute atomic E-state index is 5.69. The Morgan fingerprint density at radius 2 is 2.18 bits per heavy atom. The molecule has 1 aliphatic heterocycles. The number of aromatic nitrogens is 2. The molecule has 0 saturated heterocycles. The lowest BCUT2D eigenvalue weighted by Gasteiger charge is -2.08. The lowest BCUT2D eigenvalue weighted by Crippen LogP contribution is -1.94. The number of halogens is 1. The van der Waals surface area contributed by atoms with E-state index in [9.17, 15) is 0 Å². The summed E-state index contributed by atoms with van der Waals surface area (Å²) in [7, 11) is 0.